The summed E-state index contributed by atoms with van der Waals surface area (Å²) < 4.78 is 0. The molecule has 0 heterocycles. The van der Waals surface area contributed by atoms with Crippen LogP contribution in [0.25, 0.3) is 0 Å². The summed E-state index contributed by atoms with van der Waals surface area (Å²) in [7, 11) is 0. The quantitative estimate of drug-likeness (QED) is 0.532. The summed E-state index contributed by atoms with van der Waals surface area (Å²) in [6.07, 6.45) is 8.77. The number of carbonyl (C=O) groups is 1. The van der Waals surface area contributed by atoms with Crippen molar-refractivity contribution in [3.05, 3.63) is 16.7 Å². The smallest absolute Gasteiger partial charge is 0.139 e. The van der Waals surface area contributed by atoms with Crippen LogP contribution in [-0.4, -0.2) is 24.0 Å². The summed E-state index contributed by atoms with van der Waals surface area (Å²) in [6, 6.07) is -0.220. The van der Waals surface area contributed by atoms with E-state index in [2.05, 4.69) is 30.6 Å². The molecule has 7 atom stereocenters. The summed E-state index contributed by atoms with van der Waals surface area (Å²) in [5, 5.41) is 3.61. The highest BCUT2D eigenvalue weighted by molar-refractivity contribution is 5.87. The molecule has 162 valence electrons. The Bertz CT molecular complexity index is 715. The van der Waals surface area contributed by atoms with Gasteiger partial charge in [-0.15, -0.1) is 0 Å². The zero-order valence-corrected chi connectivity index (χ0v) is 18.4. The second kappa shape index (κ2) is 7.16. The maximum absolute atomic E-state index is 12.6. The fraction of sp³-hybridized carbons (Fsp3) is 0.870. The maximum Gasteiger partial charge on any atom is 0.139 e. The standard InChI is InChI=1S/C23H37N3O3/c1-21(2,24)13-29-26-14-7-9-22(3)17-8-10-23(4)16(5-6-20(23)27)15(17)12-19(25-28)18(22)11-14/h11,15-19,26H,5-10,12-13,24H2,1-4H3/t15-,16-,17-,18?,19?,22+,23-/m0/s1. The van der Waals surface area contributed by atoms with Crippen LogP contribution in [-0.2, 0) is 9.63 Å². The second-order valence-corrected chi connectivity index (χ2v) is 11.3. The molecule has 0 amide bonds. The van der Waals surface area contributed by atoms with Gasteiger partial charge in [-0.3, -0.25) is 15.1 Å². The molecule has 4 rings (SSSR count). The lowest BCUT2D eigenvalue weighted by Gasteiger charge is -2.59. The molecule has 4 aliphatic carbocycles. The van der Waals surface area contributed by atoms with E-state index in [1.165, 1.54) is 0 Å². The number of nitrogens with two attached hydrogens (primary N) is 1. The Morgan fingerprint density at radius 3 is 2.69 bits per heavy atom. The van der Waals surface area contributed by atoms with Crippen molar-refractivity contribution in [2.75, 3.05) is 6.61 Å². The van der Waals surface area contributed by atoms with Crippen LogP contribution in [0.15, 0.2) is 16.9 Å². The highest BCUT2D eigenvalue weighted by atomic mass is 16.6. The van der Waals surface area contributed by atoms with Crippen LogP contribution >= 0.6 is 0 Å². The first-order valence-electron chi connectivity index (χ1n) is 11.3. The Morgan fingerprint density at radius 2 is 2.00 bits per heavy atom. The van der Waals surface area contributed by atoms with E-state index in [4.69, 9.17) is 10.6 Å². The number of nitrogens with zero attached hydrogens (tertiary/aromatic N) is 1. The van der Waals surface area contributed by atoms with Crippen LogP contribution in [0, 0.1) is 39.4 Å². The first-order chi connectivity index (χ1) is 13.6. The van der Waals surface area contributed by atoms with Crippen molar-refractivity contribution in [2.45, 2.75) is 84.2 Å². The summed E-state index contributed by atoms with van der Waals surface area (Å²) in [4.78, 5) is 30.1. The Hall–Kier alpha value is -1.27. The van der Waals surface area contributed by atoms with E-state index in [0.717, 1.165) is 44.2 Å². The fourth-order valence-electron chi connectivity index (χ4n) is 7.18. The molecular weight excluding hydrogens is 366 g/mol. The van der Waals surface area contributed by atoms with Gasteiger partial charge in [-0.1, -0.05) is 25.1 Å². The van der Waals surface area contributed by atoms with E-state index >= 15 is 0 Å². The topological polar surface area (TPSA) is 93.8 Å². The first kappa shape index (κ1) is 21.0. The number of hydrogen-bond acceptors (Lipinski definition) is 6. The lowest BCUT2D eigenvalue weighted by Crippen LogP contribution is -2.56. The summed E-state index contributed by atoms with van der Waals surface area (Å²) in [5.74, 6) is 2.01. The van der Waals surface area contributed by atoms with Crippen molar-refractivity contribution in [1.29, 1.82) is 0 Å². The molecule has 29 heavy (non-hydrogen) atoms. The predicted molar refractivity (Wildman–Crippen MR) is 113 cm³/mol. The van der Waals surface area contributed by atoms with Gasteiger partial charge in [-0.25, -0.2) is 0 Å². The van der Waals surface area contributed by atoms with Gasteiger partial charge in [0.05, 0.1) is 12.6 Å². The van der Waals surface area contributed by atoms with Crippen LogP contribution in [0.3, 0.4) is 0 Å². The number of carbonyl (C=O) groups excluding carboxylic acids is 1. The summed E-state index contributed by atoms with van der Waals surface area (Å²) >= 11 is 0. The Kier molecular flexibility index (Phi) is 5.18. The third-order valence-electron chi connectivity index (χ3n) is 8.78. The molecule has 3 N–H and O–H groups in total. The molecule has 0 aromatic heterocycles. The third kappa shape index (κ3) is 3.46. The van der Waals surface area contributed by atoms with Crippen molar-refractivity contribution < 1.29 is 9.63 Å². The number of nitroso groups, excluding NO2 is 1. The average Bonchev–Trinajstić information content (AvgIpc) is 2.95. The van der Waals surface area contributed by atoms with E-state index in [1.807, 2.05) is 13.8 Å². The molecule has 0 spiro atoms. The van der Waals surface area contributed by atoms with Crippen molar-refractivity contribution in [2.24, 2.45) is 45.4 Å². The lowest BCUT2D eigenvalue weighted by atomic mass is 9.45. The van der Waals surface area contributed by atoms with Gasteiger partial charge < -0.3 is 5.73 Å². The monoisotopic (exact) mass is 403 g/mol. The summed E-state index contributed by atoms with van der Waals surface area (Å²) in [6.45, 7) is 8.82. The van der Waals surface area contributed by atoms with Gasteiger partial charge in [0, 0.05) is 29.0 Å². The van der Waals surface area contributed by atoms with E-state index in [-0.39, 0.29) is 22.8 Å². The molecule has 0 aromatic carbocycles. The number of Topliss-reactive ketones (excluding diaryl/α,β-unsaturated/α-hetero) is 1. The zero-order valence-electron chi connectivity index (χ0n) is 18.4. The Morgan fingerprint density at radius 1 is 1.24 bits per heavy atom. The lowest BCUT2D eigenvalue weighted by molar-refractivity contribution is -0.136. The minimum atomic E-state index is -0.394. The van der Waals surface area contributed by atoms with Gasteiger partial charge in [-0.2, -0.15) is 4.91 Å². The molecular formula is C23H37N3O3. The van der Waals surface area contributed by atoms with E-state index in [1.54, 1.807) is 0 Å². The SMILES string of the molecule is CC(C)(N)CONC1=CC2C(N=O)C[C@@H]3[C@H](CC[C@]4(C)C(=O)CC[C@@H]34)[C@@]2(C)CC1. The Labute approximate surface area is 174 Å². The molecule has 0 saturated heterocycles. The third-order valence-corrected chi connectivity index (χ3v) is 8.78. The molecule has 3 fully saturated rings. The summed E-state index contributed by atoms with van der Waals surface area (Å²) in [5.41, 5.74) is 9.62. The molecule has 6 heteroatoms. The molecule has 0 radical (unpaired) electrons. The molecule has 2 unspecified atom stereocenters. The van der Waals surface area contributed by atoms with E-state index in [9.17, 15) is 9.70 Å². The normalized spacial score (nSPS) is 44.4. The van der Waals surface area contributed by atoms with E-state index in [0.29, 0.717) is 36.6 Å². The predicted octanol–water partition coefficient (Wildman–Crippen LogP) is 4.10. The average molecular weight is 404 g/mol. The first-order valence-corrected chi connectivity index (χ1v) is 11.3. The van der Waals surface area contributed by atoms with Gasteiger partial charge in [0.25, 0.3) is 0 Å². The minimum absolute atomic E-state index is 0.0623. The van der Waals surface area contributed by atoms with Crippen LogP contribution in [0.5, 0.6) is 0 Å². The van der Waals surface area contributed by atoms with Gasteiger partial charge in [0.15, 0.2) is 0 Å². The maximum atomic E-state index is 12.6. The minimum Gasteiger partial charge on any atom is -0.324 e. The van der Waals surface area contributed by atoms with Gasteiger partial charge in [0.1, 0.15) is 5.78 Å². The molecule has 4 aliphatic rings. The zero-order chi connectivity index (χ0) is 21.0. The van der Waals surface area contributed by atoms with Crippen molar-refractivity contribution in [1.82, 2.24) is 5.48 Å². The number of nitrogens with one attached hydrogen (secondary N) is 1. The fourth-order valence-corrected chi connectivity index (χ4v) is 7.18. The van der Waals surface area contributed by atoms with E-state index < -0.39 is 5.54 Å². The van der Waals surface area contributed by atoms with Gasteiger partial charge in [-0.05, 0) is 75.5 Å². The van der Waals surface area contributed by atoms with Crippen molar-refractivity contribution in [3.8, 4) is 0 Å². The number of ketones is 1. The highest BCUT2D eigenvalue weighted by Gasteiger charge is 2.61. The van der Waals surface area contributed by atoms with Crippen molar-refractivity contribution >= 4 is 5.78 Å². The number of hydroxylamine groups is 1. The van der Waals surface area contributed by atoms with Crippen molar-refractivity contribution in [3.63, 3.8) is 0 Å². The molecule has 6 nitrogen and oxygen atoms in total. The number of hydrogen-bond donors (Lipinski definition) is 2. The number of allylic oxidation sites excluding steroid dienone is 1. The van der Waals surface area contributed by atoms with Crippen LogP contribution in [0.1, 0.15) is 72.6 Å². The molecule has 0 aromatic rings. The molecule has 3 saturated carbocycles. The van der Waals surface area contributed by atoms with Gasteiger partial charge in [0.2, 0.25) is 0 Å². The van der Waals surface area contributed by atoms with Crippen LogP contribution in [0.4, 0.5) is 0 Å². The van der Waals surface area contributed by atoms with Crippen LogP contribution in [0.2, 0.25) is 0 Å². The van der Waals surface area contributed by atoms with Gasteiger partial charge >= 0.3 is 0 Å². The second-order valence-electron chi connectivity index (χ2n) is 11.3. The number of fused-ring (bicyclic) bond motifs is 5. The van der Waals surface area contributed by atoms with Crippen LogP contribution < -0.4 is 11.2 Å². The highest BCUT2D eigenvalue weighted by Crippen LogP contribution is 2.65. The number of rotatable bonds is 5. The molecule has 0 aliphatic heterocycles. The Balaban J connectivity index is 1.56. The molecule has 0 bridgehead atoms. The largest absolute Gasteiger partial charge is 0.324 e.